The van der Waals surface area contributed by atoms with E-state index in [-0.39, 0.29) is 11.7 Å². The molecule has 2 aromatic rings. The molecule has 1 N–H and O–H groups in total. The van der Waals surface area contributed by atoms with Gasteiger partial charge in [-0.1, -0.05) is 25.0 Å². The lowest BCUT2D eigenvalue weighted by molar-refractivity contribution is -0.117. The zero-order chi connectivity index (χ0) is 16.8. The number of amides is 1. The fraction of sp³-hybridized carbons (Fsp3) is 0.444. The zero-order valence-corrected chi connectivity index (χ0v) is 14.4. The SMILES string of the molecule is O=C(CN1CCCCCC1)Nc1ncc(Cc2ccc(F)cc2)s1. The van der Waals surface area contributed by atoms with E-state index < -0.39 is 0 Å². The van der Waals surface area contributed by atoms with Gasteiger partial charge >= 0.3 is 0 Å². The van der Waals surface area contributed by atoms with Crippen LogP contribution in [0.25, 0.3) is 0 Å². The average Bonchev–Trinajstić information content (AvgIpc) is 2.83. The van der Waals surface area contributed by atoms with E-state index in [2.05, 4.69) is 15.2 Å². The molecule has 0 spiro atoms. The monoisotopic (exact) mass is 347 g/mol. The number of benzene rings is 1. The number of hydrogen-bond acceptors (Lipinski definition) is 4. The third-order valence-electron chi connectivity index (χ3n) is 4.16. The van der Waals surface area contributed by atoms with Crippen LogP contribution in [0.5, 0.6) is 0 Å². The molecule has 1 fully saturated rings. The second-order valence-corrected chi connectivity index (χ2v) is 7.29. The lowest BCUT2D eigenvalue weighted by Gasteiger charge is -2.18. The van der Waals surface area contributed by atoms with Crippen molar-refractivity contribution >= 4 is 22.4 Å². The minimum absolute atomic E-state index is 0.000387. The molecule has 24 heavy (non-hydrogen) atoms. The van der Waals surface area contributed by atoms with Crippen molar-refractivity contribution < 1.29 is 9.18 Å². The van der Waals surface area contributed by atoms with Crippen LogP contribution in [0.3, 0.4) is 0 Å². The number of carbonyl (C=O) groups is 1. The number of anilines is 1. The Bertz CT molecular complexity index is 663. The molecule has 1 aliphatic rings. The first-order chi connectivity index (χ1) is 11.7. The van der Waals surface area contributed by atoms with Crippen LogP contribution in [0.2, 0.25) is 0 Å². The van der Waals surface area contributed by atoms with Crippen LogP contribution < -0.4 is 5.32 Å². The molecule has 2 heterocycles. The summed E-state index contributed by atoms with van der Waals surface area (Å²) in [5.74, 6) is -0.232. The Hall–Kier alpha value is -1.79. The van der Waals surface area contributed by atoms with Gasteiger partial charge in [0.25, 0.3) is 0 Å². The Balaban J connectivity index is 1.51. The van der Waals surface area contributed by atoms with Gasteiger partial charge in [-0.25, -0.2) is 9.37 Å². The van der Waals surface area contributed by atoms with Crippen molar-refractivity contribution in [1.29, 1.82) is 0 Å². The maximum atomic E-state index is 12.9. The largest absolute Gasteiger partial charge is 0.301 e. The molecular weight excluding hydrogens is 325 g/mol. The van der Waals surface area contributed by atoms with Crippen molar-refractivity contribution in [2.75, 3.05) is 25.0 Å². The number of halogens is 1. The molecule has 1 aromatic carbocycles. The second-order valence-electron chi connectivity index (χ2n) is 6.17. The molecule has 128 valence electrons. The molecule has 0 aliphatic carbocycles. The van der Waals surface area contributed by atoms with E-state index in [4.69, 9.17) is 0 Å². The van der Waals surface area contributed by atoms with E-state index in [0.29, 0.717) is 18.1 Å². The van der Waals surface area contributed by atoms with Crippen molar-refractivity contribution in [2.24, 2.45) is 0 Å². The van der Waals surface area contributed by atoms with Crippen LogP contribution in [0.15, 0.2) is 30.5 Å². The van der Waals surface area contributed by atoms with Gasteiger partial charge in [-0.05, 0) is 43.6 Å². The van der Waals surface area contributed by atoms with Crippen LogP contribution in [-0.2, 0) is 11.2 Å². The first-order valence-corrected chi connectivity index (χ1v) is 9.22. The highest BCUT2D eigenvalue weighted by Crippen LogP contribution is 2.21. The molecule has 1 amide bonds. The number of hydrogen-bond donors (Lipinski definition) is 1. The smallest absolute Gasteiger partial charge is 0.240 e. The minimum Gasteiger partial charge on any atom is -0.301 e. The Kier molecular flexibility index (Phi) is 5.93. The van der Waals surface area contributed by atoms with Gasteiger partial charge in [0.2, 0.25) is 5.91 Å². The van der Waals surface area contributed by atoms with Crippen molar-refractivity contribution in [2.45, 2.75) is 32.1 Å². The molecule has 4 nitrogen and oxygen atoms in total. The lowest BCUT2D eigenvalue weighted by atomic mass is 10.1. The van der Waals surface area contributed by atoms with Gasteiger partial charge in [0.15, 0.2) is 5.13 Å². The Morgan fingerprint density at radius 3 is 2.58 bits per heavy atom. The number of aromatic nitrogens is 1. The number of likely N-dealkylation sites (tertiary alicyclic amines) is 1. The molecule has 1 saturated heterocycles. The normalized spacial score (nSPS) is 15.9. The summed E-state index contributed by atoms with van der Waals surface area (Å²) in [4.78, 5) is 19.7. The number of nitrogens with zero attached hydrogens (tertiary/aromatic N) is 2. The van der Waals surface area contributed by atoms with E-state index in [1.54, 1.807) is 18.3 Å². The van der Waals surface area contributed by atoms with Crippen LogP contribution in [0, 0.1) is 5.82 Å². The highest BCUT2D eigenvalue weighted by molar-refractivity contribution is 7.15. The molecule has 0 unspecified atom stereocenters. The fourth-order valence-electron chi connectivity index (χ4n) is 2.91. The first kappa shape index (κ1) is 17.0. The summed E-state index contributed by atoms with van der Waals surface area (Å²) in [6.45, 7) is 2.44. The van der Waals surface area contributed by atoms with E-state index in [9.17, 15) is 9.18 Å². The fourth-order valence-corrected chi connectivity index (χ4v) is 3.77. The van der Waals surface area contributed by atoms with Crippen molar-refractivity contribution in [3.8, 4) is 0 Å². The highest BCUT2D eigenvalue weighted by Gasteiger charge is 2.14. The molecule has 1 aromatic heterocycles. The Morgan fingerprint density at radius 1 is 1.17 bits per heavy atom. The van der Waals surface area contributed by atoms with Gasteiger partial charge in [0.05, 0.1) is 6.54 Å². The van der Waals surface area contributed by atoms with Gasteiger partial charge in [0, 0.05) is 17.5 Å². The summed E-state index contributed by atoms with van der Waals surface area (Å²) in [6.07, 6.45) is 7.34. The van der Waals surface area contributed by atoms with Gasteiger partial charge in [-0.2, -0.15) is 0 Å². The molecule has 0 saturated carbocycles. The molecule has 6 heteroatoms. The topological polar surface area (TPSA) is 45.2 Å². The molecule has 0 bridgehead atoms. The average molecular weight is 347 g/mol. The molecule has 3 rings (SSSR count). The van der Waals surface area contributed by atoms with Crippen molar-refractivity contribution in [3.05, 3.63) is 46.7 Å². The summed E-state index contributed by atoms with van der Waals surface area (Å²) in [6, 6.07) is 6.46. The number of rotatable bonds is 5. The van der Waals surface area contributed by atoms with E-state index in [1.807, 2.05) is 0 Å². The summed E-state index contributed by atoms with van der Waals surface area (Å²) in [5, 5.41) is 3.52. The van der Waals surface area contributed by atoms with Gasteiger partial charge in [-0.15, -0.1) is 11.3 Å². The maximum absolute atomic E-state index is 12.9. The van der Waals surface area contributed by atoms with E-state index >= 15 is 0 Å². The van der Waals surface area contributed by atoms with E-state index in [0.717, 1.165) is 23.5 Å². The van der Waals surface area contributed by atoms with Crippen molar-refractivity contribution in [1.82, 2.24) is 9.88 Å². The quantitative estimate of drug-likeness (QED) is 0.897. The first-order valence-electron chi connectivity index (χ1n) is 8.40. The van der Waals surface area contributed by atoms with Gasteiger partial charge in [0.1, 0.15) is 5.82 Å². The standard InChI is InChI=1S/C18H22FN3OS/c19-15-7-5-14(6-8-15)11-16-12-20-18(24-16)21-17(23)13-22-9-3-1-2-4-10-22/h5-8,12H,1-4,9-11,13H2,(H,20,21,23). The van der Waals surface area contributed by atoms with Crippen molar-refractivity contribution in [3.63, 3.8) is 0 Å². The number of thiazole rings is 1. The van der Waals surface area contributed by atoms with Crippen LogP contribution in [0.4, 0.5) is 9.52 Å². The predicted molar refractivity (Wildman–Crippen MR) is 94.9 cm³/mol. The molecular formula is C18H22FN3OS. The summed E-state index contributed by atoms with van der Waals surface area (Å²) in [7, 11) is 0. The van der Waals surface area contributed by atoms with Gasteiger partial charge < -0.3 is 5.32 Å². The number of carbonyl (C=O) groups excluding carboxylic acids is 1. The van der Waals surface area contributed by atoms with Crippen LogP contribution in [0.1, 0.15) is 36.1 Å². The molecule has 1 aliphatic heterocycles. The molecule has 0 atom stereocenters. The lowest BCUT2D eigenvalue weighted by Crippen LogP contribution is -2.33. The predicted octanol–water partition coefficient (Wildman–Crippen LogP) is 3.69. The summed E-state index contributed by atoms with van der Waals surface area (Å²) >= 11 is 1.47. The second kappa shape index (κ2) is 8.35. The third kappa shape index (κ3) is 5.11. The highest BCUT2D eigenvalue weighted by atomic mass is 32.1. The zero-order valence-electron chi connectivity index (χ0n) is 13.6. The Morgan fingerprint density at radius 2 is 1.88 bits per heavy atom. The number of nitrogens with one attached hydrogen (secondary N) is 1. The third-order valence-corrected chi connectivity index (χ3v) is 5.07. The Labute approximate surface area is 145 Å². The van der Waals surface area contributed by atoms with E-state index in [1.165, 1.54) is 49.2 Å². The maximum Gasteiger partial charge on any atom is 0.240 e. The summed E-state index contributed by atoms with van der Waals surface area (Å²) in [5.41, 5.74) is 1.03. The minimum atomic E-state index is -0.232. The van der Waals surface area contributed by atoms with Crippen LogP contribution >= 0.6 is 11.3 Å². The summed E-state index contributed by atoms with van der Waals surface area (Å²) < 4.78 is 12.9. The molecule has 0 radical (unpaired) electrons. The van der Waals surface area contributed by atoms with Gasteiger partial charge in [-0.3, -0.25) is 9.69 Å². The van der Waals surface area contributed by atoms with Crippen LogP contribution in [-0.4, -0.2) is 35.4 Å².